The standard InChI is InChI=1S/C25H28Cl2N4O2/c1-3-4-23-29-24(28-18-7-10-22(32-2)21(27)15-18)16-25(30-23)31-13-11-20(12-14-31)33-19-8-5-17(26)6-9-19/h5-10,15-16,20H,3-4,11-14H2,1-2H3,(H,28,29,30). The third-order valence-corrected chi connectivity index (χ3v) is 6.09. The fourth-order valence-corrected chi connectivity index (χ4v) is 4.23. The predicted molar refractivity (Wildman–Crippen MR) is 135 cm³/mol. The first-order chi connectivity index (χ1) is 16.0. The van der Waals surface area contributed by atoms with Crippen molar-refractivity contribution < 1.29 is 9.47 Å². The van der Waals surface area contributed by atoms with Gasteiger partial charge in [-0.1, -0.05) is 30.1 Å². The molecule has 0 saturated carbocycles. The lowest BCUT2D eigenvalue weighted by Crippen LogP contribution is -2.38. The number of benzene rings is 2. The van der Waals surface area contributed by atoms with Crippen molar-refractivity contribution >= 4 is 40.5 Å². The summed E-state index contributed by atoms with van der Waals surface area (Å²) in [5.74, 6) is 4.01. The molecule has 174 valence electrons. The molecule has 0 spiro atoms. The number of anilines is 3. The molecule has 4 rings (SSSR count). The van der Waals surface area contributed by atoms with Crippen LogP contribution in [0.2, 0.25) is 10.0 Å². The molecule has 1 fully saturated rings. The number of piperidine rings is 1. The molecule has 1 aliphatic heterocycles. The van der Waals surface area contributed by atoms with Gasteiger partial charge in [0.25, 0.3) is 0 Å². The number of hydrogen-bond donors (Lipinski definition) is 1. The Bertz CT molecular complexity index is 1070. The molecular formula is C25H28Cl2N4O2. The van der Waals surface area contributed by atoms with E-state index in [4.69, 9.17) is 42.6 Å². The molecule has 3 aromatic rings. The van der Waals surface area contributed by atoms with Gasteiger partial charge < -0.3 is 19.7 Å². The van der Waals surface area contributed by atoms with Gasteiger partial charge in [0, 0.05) is 49.1 Å². The van der Waals surface area contributed by atoms with E-state index in [-0.39, 0.29) is 6.10 Å². The highest BCUT2D eigenvalue weighted by molar-refractivity contribution is 6.32. The van der Waals surface area contributed by atoms with E-state index in [1.165, 1.54) is 0 Å². The van der Waals surface area contributed by atoms with Crippen molar-refractivity contribution in [2.75, 3.05) is 30.4 Å². The minimum absolute atomic E-state index is 0.179. The first-order valence-electron chi connectivity index (χ1n) is 11.2. The highest BCUT2D eigenvalue weighted by Gasteiger charge is 2.22. The van der Waals surface area contributed by atoms with Crippen molar-refractivity contribution in [2.24, 2.45) is 0 Å². The van der Waals surface area contributed by atoms with E-state index in [2.05, 4.69) is 17.1 Å². The van der Waals surface area contributed by atoms with Gasteiger partial charge in [0.2, 0.25) is 0 Å². The number of hydrogen-bond acceptors (Lipinski definition) is 6. The van der Waals surface area contributed by atoms with Crippen molar-refractivity contribution in [1.82, 2.24) is 9.97 Å². The fourth-order valence-electron chi connectivity index (χ4n) is 3.84. The quantitative estimate of drug-likeness (QED) is 0.390. The first-order valence-corrected chi connectivity index (χ1v) is 12.0. The highest BCUT2D eigenvalue weighted by Crippen LogP contribution is 2.30. The topological polar surface area (TPSA) is 59.5 Å². The predicted octanol–water partition coefficient (Wildman–Crippen LogP) is 6.54. The van der Waals surface area contributed by atoms with Gasteiger partial charge in [-0.25, -0.2) is 9.97 Å². The summed E-state index contributed by atoms with van der Waals surface area (Å²) in [6, 6.07) is 15.1. The first kappa shape index (κ1) is 23.5. The van der Waals surface area contributed by atoms with Gasteiger partial charge in [-0.15, -0.1) is 0 Å². The van der Waals surface area contributed by atoms with Gasteiger partial charge in [0.15, 0.2) is 0 Å². The van der Waals surface area contributed by atoms with Gasteiger partial charge in [-0.3, -0.25) is 0 Å². The van der Waals surface area contributed by atoms with Gasteiger partial charge in [-0.2, -0.15) is 0 Å². The van der Waals surface area contributed by atoms with Crippen molar-refractivity contribution in [3.63, 3.8) is 0 Å². The summed E-state index contributed by atoms with van der Waals surface area (Å²) in [4.78, 5) is 11.8. The van der Waals surface area contributed by atoms with Crippen LogP contribution in [0.25, 0.3) is 0 Å². The number of nitrogens with one attached hydrogen (secondary N) is 1. The Morgan fingerprint density at radius 1 is 1.03 bits per heavy atom. The smallest absolute Gasteiger partial charge is 0.137 e. The van der Waals surface area contributed by atoms with Gasteiger partial charge in [0.1, 0.15) is 35.1 Å². The van der Waals surface area contributed by atoms with E-state index >= 15 is 0 Å². The number of nitrogens with zero attached hydrogens (tertiary/aromatic N) is 3. The average Bonchev–Trinajstić information content (AvgIpc) is 2.81. The molecular weight excluding hydrogens is 459 g/mol. The minimum Gasteiger partial charge on any atom is -0.495 e. The Hall–Kier alpha value is -2.70. The summed E-state index contributed by atoms with van der Waals surface area (Å²) < 4.78 is 11.4. The molecule has 8 heteroatoms. The van der Waals surface area contributed by atoms with E-state index in [1.54, 1.807) is 7.11 Å². The van der Waals surface area contributed by atoms with Crippen LogP contribution in [0, 0.1) is 0 Å². The molecule has 0 aliphatic carbocycles. The second-order valence-corrected chi connectivity index (χ2v) is 8.85. The van der Waals surface area contributed by atoms with Crippen LogP contribution in [-0.2, 0) is 6.42 Å². The van der Waals surface area contributed by atoms with Gasteiger partial charge >= 0.3 is 0 Å². The largest absolute Gasteiger partial charge is 0.495 e. The van der Waals surface area contributed by atoms with Crippen LogP contribution in [0.5, 0.6) is 11.5 Å². The monoisotopic (exact) mass is 486 g/mol. The summed E-state index contributed by atoms with van der Waals surface area (Å²) >= 11 is 12.3. The number of aryl methyl sites for hydroxylation is 1. The second kappa shape index (κ2) is 10.9. The lowest BCUT2D eigenvalue weighted by Gasteiger charge is -2.33. The third kappa shape index (κ3) is 6.21. The SMILES string of the molecule is CCCc1nc(Nc2ccc(OC)c(Cl)c2)cc(N2CCC(Oc3ccc(Cl)cc3)CC2)n1. The lowest BCUT2D eigenvalue weighted by molar-refractivity contribution is 0.170. The summed E-state index contributed by atoms with van der Waals surface area (Å²) in [6.45, 7) is 3.87. The summed E-state index contributed by atoms with van der Waals surface area (Å²) in [5.41, 5.74) is 0.850. The molecule has 33 heavy (non-hydrogen) atoms. The maximum absolute atomic E-state index is 6.28. The molecule has 2 aromatic carbocycles. The Morgan fingerprint density at radius 3 is 2.45 bits per heavy atom. The Labute approximate surface area is 204 Å². The molecule has 1 N–H and O–H groups in total. The molecule has 1 aliphatic rings. The second-order valence-electron chi connectivity index (χ2n) is 8.01. The lowest BCUT2D eigenvalue weighted by atomic mass is 10.1. The third-order valence-electron chi connectivity index (χ3n) is 5.54. The number of ether oxygens (including phenoxy) is 2. The maximum atomic E-state index is 6.28. The van der Waals surface area contributed by atoms with E-state index in [1.807, 2.05) is 48.5 Å². The molecule has 0 atom stereocenters. The van der Waals surface area contributed by atoms with Crippen LogP contribution in [-0.4, -0.2) is 36.3 Å². The normalized spacial score (nSPS) is 14.2. The number of aromatic nitrogens is 2. The number of rotatable bonds is 8. The van der Waals surface area contributed by atoms with E-state index in [0.29, 0.717) is 15.8 Å². The zero-order valence-corrected chi connectivity index (χ0v) is 20.4. The van der Waals surface area contributed by atoms with Crippen molar-refractivity contribution in [3.8, 4) is 11.5 Å². The highest BCUT2D eigenvalue weighted by atomic mass is 35.5. The van der Waals surface area contributed by atoms with Gasteiger partial charge in [-0.05, 0) is 48.9 Å². The van der Waals surface area contributed by atoms with Crippen molar-refractivity contribution in [2.45, 2.75) is 38.7 Å². The minimum atomic E-state index is 0.179. The summed E-state index contributed by atoms with van der Waals surface area (Å²) in [7, 11) is 1.60. The average molecular weight is 487 g/mol. The summed E-state index contributed by atoms with van der Waals surface area (Å²) in [5, 5.41) is 4.63. The van der Waals surface area contributed by atoms with Crippen LogP contribution in [0.15, 0.2) is 48.5 Å². The number of methoxy groups -OCH3 is 1. The van der Waals surface area contributed by atoms with Crippen LogP contribution in [0.3, 0.4) is 0 Å². The van der Waals surface area contributed by atoms with E-state index in [9.17, 15) is 0 Å². The Morgan fingerprint density at radius 2 is 1.79 bits per heavy atom. The zero-order valence-electron chi connectivity index (χ0n) is 18.9. The zero-order chi connectivity index (χ0) is 23.2. The Kier molecular flexibility index (Phi) is 7.78. The molecule has 0 amide bonds. The molecule has 0 unspecified atom stereocenters. The van der Waals surface area contributed by atoms with Crippen LogP contribution in [0.1, 0.15) is 32.0 Å². The molecule has 0 radical (unpaired) electrons. The molecule has 6 nitrogen and oxygen atoms in total. The van der Waals surface area contributed by atoms with Crippen LogP contribution >= 0.6 is 23.2 Å². The van der Waals surface area contributed by atoms with Crippen LogP contribution < -0.4 is 19.7 Å². The van der Waals surface area contributed by atoms with E-state index in [0.717, 1.165) is 67.7 Å². The molecule has 1 saturated heterocycles. The fraction of sp³-hybridized carbons (Fsp3) is 0.360. The van der Waals surface area contributed by atoms with E-state index < -0.39 is 0 Å². The Balaban J connectivity index is 1.45. The number of halogens is 2. The molecule has 1 aromatic heterocycles. The van der Waals surface area contributed by atoms with Crippen molar-refractivity contribution in [3.05, 3.63) is 64.4 Å². The molecule has 2 heterocycles. The maximum Gasteiger partial charge on any atom is 0.137 e. The van der Waals surface area contributed by atoms with Crippen molar-refractivity contribution in [1.29, 1.82) is 0 Å². The molecule has 0 bridgehead atoms. The van der Waals surface area contributed by atoms with Crippen LogP contribution in [0.4, 0.5) is 17.3 Å². The summed E-state index contributed by atoms with van der Waals surface area (Å²) in [6.07, 6.45) is 3.83. The van der Waals surface area contributed by atoms with Gasteiger partial charge in [0.05, 0.1) is 12.1 Å².